The predicted molar refractivity (Wildman–Crippen MR) is 188 cm³/mol. The van der Waals surface area contributed by atoms with Crippen molar-refractivity contribution in [3.05, 3.63) is 71.3 Å². The molecule has 0 fully saturated rings. The zero-order valence-corrected chi connectivity index (χ0v) is 28.0. The highest BCUT2D eigenvalue weighted by Gasteiger charge is 2.22. The Hall–Kier alpha value is -2.81. The lowest BCUT2D eigenvalue weighted by Gasteiger charge is -2.15. The molecule has 0 aliphatic rings. The molecule has 0 spiro atoms. The van der Waals surface area contributed by atoms with E-state index in [1.165, 1.54) is 109 Å². The number of fused-ring (bicyclic) bond motifs is 1. The number of para-hydroxylation sites is 1. The number of phenolic OH excluding ortho intramolecular Hbond substituents is 1. The number of hydrogen-bond donors (Lipinski definition) is 1. The number of hydrogen-bond acceptors (Lipinski definition) is 3. The lowest BCUT2D eigenvalue weighted by atomic mass is 9.96. The number of unbranched alkanes of at least 4 members (excludes halogenated alkanes) is 18. The molecule has 0 amide bonds. The van der Waals surface area contributed by atoms with Gasteiger partial charge in [0, 0.05) is 0 Å². The van der Waals surface area contributed by atoms with Crippen molar-refractivity contribution in [2.24, 2.45) is 0 Å². The molecule has 0 radical (unpaired) electrons. The number of esters is 1. The Morgan fingerprint density at radius 2 is 1.02 bits per heavy atom. The van der Waals surface area contributed by atoms with Crippen LogP contribution in [0.3, 0.4) is 0 Å². The summed E-state index contributed by atoms with van der Waals surface area (Å²) in [6, 6.07) is 17.8. The summed E-state index contributed by atoms with van der Waals surface area (Å²) in [5.41, 5.74) is 2.19. The van der Waals surface area contributed by atoms with Crippen LogP contribution in [0.2, 0.25) is 0 Å². The van der Waals surface area contributed by atoms with Crippen LogP contribution in [0.1, 0.15) is 164 Å². The van der Waals surface area contributed by atoms with Crippen molar-refractivity contribution in [2.75, 3.05) is 0 Å². The molecule has 3 heteroatoms. The summed E-state index contributed by atoms with van der Waals surface area (Å²) in [6.45, 7) is 4.53. The molecule has 44 heavy (non-hydrogen) atoms. The van der Waals surface area contributed by atoms with Gasteiger partial charge < -0.3 is 9.84 Å². The molecule has 3 nitrogen and oxygen atoms in total. The van der Waals surface area contributed by atoms with Crippen LogP contribution >= 0.6 is 0 Å². The Labute approximate surface area is 268 Å². The maximum absolute atomic E-state index is 13.7. The topological polar surface area (TPSA) is 46.5 Å². The van der Waals surface area contributed by atoms with E-state index in [0.29, 0.717) is 11.3 Å². The van der Waals surface area contributed by atoms with Crippen LogP contribution in [0.4, 0.5) is 0 Å². The number of carbonyl (C=O) groups is 1. The lowest BCUT2D eigenvalue weighted by Crippen LogP contribution is -2.12. The quantitative estimate of drug-likeness (QED) is 0.0632. The Bertz CT molecular complexity index is 1210. The highest BCUT2D eigenvalue weighted by molar-refractivity contribution is 6.08. The first kappa shape index (κ1) is 35.7. The zero-order chi connectivity index (χ0) is 31.2. The minimum Gasteiger partial charge on any atom is -0.507 e. The Kier molecular flexibility index (Phi) is 17.7. The minimum atomic E-state index is -0.473. The molecule has 1 N–H and O–H groups in total. The fraction of sp³-hybridized carbons (Fsp3) is 0.585. The number of carbonyl (C=O) groups excluding carboxylic acids is 1. The van der Waals surface area contributed by atoms with E-state index >= 15 is 0 Å². The second-order valence-corrected chi connectivity index (χ2v) is 12.8. The van der Waals surface area contributed by atoms with Gasteiger partial charge in [0.15, 0.2) is 0 Å². The minimum absolute atomic E-state index is 0.0804. The van der Waals surface area contributed by atoms with Crippen LogP contribution in [0.25, 0.3) is 10.8 Å². The third kappa shape index (κ3) is 12.7. The lowest BCUT2D eigenvalue weighted by molar-refractivity contribution is 0.0732. The summed E-state index contributed by atoms with van der Waals surface area (Å²) in [4.78, 5) is 13.7. The third-order valence-electron chi connectivity index (χ3n) is 9.08. The molecule has 242 valence electrons. The van der Waals surface area contributed by atoms with Crippen LogP contribution in [-0.2, 0) is 12.8 Å². The molecule has 3 rings (SSSR count). The molecule has 0 saturated carbocycles. The summed E-state index contributed by atoms with van der Waals surface area (Å²) in [5, 5.41) is 13.1. The normalized spacial score (nSPS) is 11.3. The zero-order valence-electron chi connectivity index (χ0n) is 28.0. The summed E-state index contributed by atoms with van der Waals surface area (Å²) >= 11 is 0. The summed E-state index contributed by atoms with van der Waals surface area (Å²) < 4.78 is 6.02. The van der Waals surface area contributed by atoms with E-state index in [2.05, 4.69) is 19.9 Å². The van der Waals surface area contributed by atoms with E-state index in [-0.39, 0.29) is 5.75 Å². The van der Waals surface area contributed by atoms with Gasteiger partial charge in [0.05, 0.1) is 0 Å². The summed E-state index contributed by atoms with van der Waals surface area (Å²) in [5.74, 6) is 0.216. The number of aromatic hydroxyl groups is 1. The molecule has 0 aliphatic heterocycles. The second kappa shape index (κ2) is 21.8. The van der Waals surface area contributed by atoms with Gasteiger partial charge in [0.25, 0.3) is 0 Å². The van der Waals surface area contributed by atoms with E-state index in [1.54, 1.807) is 0 Å². The molecule has 0 atom stereocenters. The van der Waals surface area contributed by atoms with Gasteiger partial charge in [-0.3, -0.25) is 0 Å². The molecule has 0 bridgehead atoms. The van der Waals surface area contributed by atoms with Crippen LogP contribution in [0.15, 0.2) is 54.6 Å². The van der Waals surface area contributed by atoms with Crippen LogP contribution in [0.5, 0.6) is 11.5 Å². The van der Waals surface area contributed by atoms with Crippen molar-refractivity contribution in [1.29, 1.82) is 0 Å². The molecular weight excluding hydrogens is 540 g/mol. The van der Waals surface area contributed by atoms with Crippen molar-refractivity contribution in [1.82, 2.24) is 0 Å². The van der Waals surface area contributed by atoms with Gasteiger partial charge in [-0.25, -0.2) is 4.79 Å². The van der Waals surface area contributed by atoms with Crippen molar-refractivity contribution in [3.8, 4) is 11.5 Å². The van der Waals surface area contributed by atoms with Crippen LogP contribution < -0.4 is 4.74 Å². The van der Waals surface area contributed by atoms with Gasteiger partial charge in [-0.1, -0.05) is 172 Å². The Morgan fingerprint density at radius 3 is 1.59 bits per heavy atom. The number of rotatable bonds is 24. The van der Waals surface area contributed by atoms with Gasteiger partial charge in [0.1, 0.15) is 17.1 Å². The van der Waals surface area contributed by atoms with Gasteiger partial charge >= 0.3 is 5.97 Å². The van der Waals surface area contributed by atoms with Crippen molar-refractivity contribution >= 4 is 16.7 Å². The van der Waals surface area contributed by atoms with Crippen molar-refractivity contribution < 1.29 is 14.6 Å². The third-order valence-corrected chi connectivity index (χ3v) is 9.08. The predicted octanol–water partition coefficient (Wildman–Crippen LogP) is 12.7. The van der Waals surface area contributed by atoms with E-state index in [9.17, 15) is 9.90 Å². The number of benzene rings is 3. The highest BCUT2D eigenvalue weighted by atomic mass is 16.5. The second-order valence-electron chi connectivity index (χ2n) is 12.8. The largest absolute Gasteiger partial charge is 0.507 e. The first-order valence-corrected chi connectivity index (χ1v) is 18.2. The smallest absolute Gasteiger partial charge is 0.347 e. The van der Waals surface area contributed by atoms with E-state index in [1.807, 2.05) is 48.5 Å². The average molecular weight is 601 g/mol. The summed E-state index contributed by atoms with van der Waals surface area (Å²) in [7, 11) is 0. The first-order chi connectivity index (χ1) is 21.7. The van der Waals surface area contributed by atoms with Gasteiger partial charge in [-0.15, -0.1) is 0 Å². The molecule has 3 aromatic rings. The average Bonchev–Trinajstić information content (AvgIpc) is 3.03. The van der Waals surface area contributed by atoms with Gasteiger partial charge in [-0.05, 0) is 59.7 Å². The fourth-order valence-corrected chi connectivity index (χ4v) is 6.36. The van der Waals surface area contributed by atoms with Crippen molar-refractivity contribution in [2.45, 2.75) is 155 Å². The van der Waals surface area contributed by atoms with Gasteiger partial charge in [-0.2, -0.15) is 0 Å². The number of ether oxygens (including phenoxy) is 1. The molecule has 0 aliphatic carbocycles. The van der Waals surface area contributed by atoms with Crippen LogP contribution in [0, 0.1) is 0 Å². The van der Waals surface area contributed by atoms with Crippen LogP contribution in [-0.4, -0.2) is 11.1 Å². The molecular formula is C41H60O3. The summed E-state index contributed by atoms with van der Waals surface area (Å²) in [6.07, 6.45) is 27.4. The highest BCUT2D eigenvalue weighted by Crippen LogP contribution is 2.34. The SMILES string of the molecule is CCCCCCCCCCCCc1ccccc1OC(=O)c1c(O)c(CCCCCCCCCCCC)cc2ccccc12. The molecule has 3 aromatic carbocycles. The maximum atomic E-state index is 13.7. The van der Waals surface area contributed by atoms with E-state index < -0.39 is 5.97 Å². The molecule has 0 unspecified atom stereocenters. The van der Waals surface area contributed by atoms with E-state index in [4.69, 9.17) is 4.74 Å². The molecule has 0 aromatic heterocycles. The number of aryl methyl sites for hydroxylation is 2. The maximum Gasteiger partial charge on any atom is 0.347 e. The van der Waals surface area contributed by atoms with E-state index in [0.717, 1.165) is 54.0 Å². The Balaban J connectivity index is 1.53. The monoisotopic (exact) mass is 600 g/mol. The number of phenols is 1. The fourth-order valence-electron chi connectivity index (χ4n) is 6.36. The first-order valence-electron chi connectivity index (χ1n) is 18.2. The standard InChI is InChI=1S/C41H60O3/c1-3-5-7-9-11-13-15-17-19-21-27-34-28-24-26-32-38(34)44-41(43)39-37-31-25-23-29-35(37)33-36(40(39)42)30-22-20-18-16-14-12-10-8-6-4-2/h23-26,28-29,31-33,42H,3-22,27,30H2,1-2H3. The van der Waals surface area contributed by atoms with Gasteiger partial charge in [0.2, 0.25) is 0 Å². The van der Waals surface area contributed by atoms with Crippen molar-refractivity contribution in [3.63, 3.8) is 0 Å². The molecule has 0 saturated heterocycles. The Morgan fingerprint density at radius 1 is 0.568 bits per heavy atom. The molecule has 0 heterocycles.